The van der Waals surface area contributed by atoms with Crippen LogP contribution >= 0.6 is 0 Å². The molecule has 1 heterocycles. The lowest BCUT2D eigenvalue weighted by atomic mass is 10.2. The molecule has 0 fully saturated rings. The summed E-state index contributed by atoms with van der Waals surface area (Å²) in [6.45, 7) is 2.73. The van der Waals surface area contributed by atoms with Crippen molar-refractivity contribution in [1.29, 1.82) is 0 Å². The molecule has 0 spiro atoms. The Bertz CT molecular complexity index is 582. The van der Waals surface area contributed by atoms with Gasteiger partial charge in [0.2, 0.25) is 0 Å². The smallest absolute Gasteiger partial charge is 0.274 e. The van der Waals surface area contributed by atoms with Crippen LogP contribution in [-0.2, 0) is 0 Å². The van der Waals surface area contributed by atoms with Gasteiger partial charge in [0, 0.05) is 17.6 Å². The summed E-state index contributed by atoms with van der Waals surface area (Å²) < 4.78 is 5.47. The molecule has 104 valence electrons. The minimum atomic E-state index is -0.292. The van der Waals surface area contributed by atoms with E-state index in [0.717, 1.165) is 12.2 Å². The third-order valence-corrected chi connectivity index (χ3v) is 2.60. The number of rotatable bonds is 5. The van der Waals surface area contributed by atoms with E-state index in [1.165, 1.54) is 12.3 Å². The fraction of sp³-hybridized carbons (Fsp3) is 0.200. The van der Waals surface area contributed by atoms with Crippen molar-refractivity contribution >= 4 is 17.3 Å². The lowest BCUT2D eigenvalue weighted by molar-refractivity contribution is 0.102. The predicted molar refractivity (Wildman–Crippen MR) is 78.8 cm³/mol. The topological polar surface area (TPSA) is 77.2 Å². The van der Waals surface area contributed by atoms with Crippen molar-refractivity contribution in [3.63, 3.8) is 0 Å². The third-order valence-electron chi connectivity index (χ3n) is 2.60. The maximum atomic E-state index is 12.0. The van der Waals surface area contributed by atoms with Gasteiger partial charge < -0.3 is 15.8 Å². The summed E-state index contributed by atoms with van der Waals surface area (Å²) in [4.78, 5) is 15.9. The zero-order valence-corrected chi connectivity index (χ0v) is 11.3. The van der Waals surface area contributed by atoms with Gasteiger partial charge in [-0.2, -0.15) is 0 Å². The molecule has 3 N–H and O–H groups in total. The highest BCUT2D eigenvalue weighted by molar-refractivity contribution is 6.03. The van der Waals surface area contributed by atoms with Crippen molar-refractivity contribution < 1.29 is 9.53 Å². The molecule has 1 aromatic heterocycles. The van der Waals surface area contributed by atoms with E-state index < -0.39 is 0 Å². The Morgan fingerprint density at radius 1 is 1.30 bits per heavy atom. The molecule has 0 unspecified atom stereocenters. The maximum Gasteiger partial charge on any atom is 0.274 e. The van der Waals surface area contributed by atoms with Crippen LogP contribution in [0, 0.1) is 0 Å². The number of amides is 1. The van der Waals surface area contributed by atoms with E-state index in [0.29, 0.717) is 18.0 Å². The molecular formula is C15H17N3O2. The largest absolute Gasteiger partial charge is 0.494 e. The average molecular weight is 271 g/mol. The first-order valence-corrected chi connectivity index (χ1v) is 6.45. The first-order valence-electron chi connectivity index (χ1n) is 6.45. The van der Waals surface area contributed by atoms with Crippen molar-refractivity contribution in [3.8, 4) is 5.75 Å². The highest BCUT2D eigenvalue weighted by Gasteiger charge is 2.07. The summed E-state index contributed by atoms with van der Waals surface area (Å²) in [5.41, 5.74) is 7.10. The molecule has 0 radical (unpaired) electrons. The fourth-order valence-electron chi connectivity index (χ4n) is 1.62. The summed E-state index contributed by atoms with van der Waals surface area (Å²) in [5, 5.41) is 2.76. The van der Waals surface area contributed by atoms with Crippen LogP contribution < -0.4 is 15.8 Å². The number of anilines is 2. The number of carbonyl (C=O) groups is 1. The van der Waals surface area contributed by atoms with Crippen molar-refractivity contribution in [3.05, 3.63) is 48.3 Å². The molecule has 0 bridgehead atoms. The second kappa shape index (κ2) is 6.56. The summed E-state index contributed by atoms with van der Waals surface area (Å²) in [6, 6.07) is 10.4. The molecule has 0 saturated carbocycles. The van der Waals surface area contributed by atoms with Crippen molar-refractivity contribution in [2.45, 2.75) is 13.3 Å². The monoisotopic (exact) mass is 271 g/mol. The van der Waals surface area contributed by atoms with Gasteiger partial charge in [-0.1, -0.05) is 6.92 Å². The second-order valence-corrected chi connectivity index (χ2v) is 4.30. The highest BCUT2D eigenvalue weighted by Crippen LogP contribution is 2.16. The van der Waals surface area contributed by atoms with E-state index >= 15 is 0 Å². The lowest BCUT2D eigenvalue weighted by Crippen LogP contribution is -2.13. The van der Waals surface area contributed by atoms with Crippen LogP contribution in [0.25, 0.3) is 0 Å². The molecule has 5 heteroatoms. The number of carbonyl (C=O) groups excluding carboxylic acids is 1. The number of aromatic nitrogens is 1. The minimum Gasteiger partial charge on any atom is -0.494 e. The Kier molecular flexibility index (Phi) is 4.55. The number of nitrogens with one attached hydrogen (secondary N) is 1. The quantitative estimate of drug-likeness (QED) is 0.876. The molecule has 0 atom stereocenters. The van der Waals surface area contributed by atoms with Crippen LogP contribution in [0.5, 0.6) is 5.75 Å². The molecule has 0 saturated heterocycles. The van der Waals surface area contributed by atoms with E-state index in [2.05, 4.69) is 10.3 Å². The number of nitrogen functional groups attached to an aromatic ring is 1. The van der Waals surface area contributed by atoms with E-state index in [9.17, 15) is 4.79 Å². The maximum absolute atomic E-state index is 12.0. The molecular weight excluding hydrogens is 254 g/mol. The number of ether oxygens (including phenoxy) is 1. The number of pyridine rings is 1. The fourth-order valence-corrected chi connectivity index (χ4v) is 1.62. The third kappa shape index (κ3) is 3.71. The summed E-state index contributed by atoms with van der Waals surface area (Å²) in [7, 11) is 0. The minimum absolute atomic E-state index is 0.288. The molecule has 0 aliphatic carbocycles. The van der Waals surface area contributed by atoms with Gasteiger partial charge in [-0.05, 0) is 42.8 Å². The van der Waals surface area contributed by atoms with Crippen molar-refractivity contribution in [2.75, 3.05) is 17.7 Å². The van der Waals surface area contributed by atoms with Crippen molar-refractivity contribution in [2.24, 2.45) is 0 Å². The molecule has 20 heavy (non-hydrogen) atoms. The van der Waals surface area contributed by atoms with Crippen LogP contribution in [0.15, 0.2) is 42.6 Å². The zero-order valence-electron chi connectivity index (χ0n) is 11.3. The molecule has 1 amide bonds. The number of benzene rings is 1. The Morgan fingerprint density at radius 2 is 2.05 bits per heavy atom. The van der Waals surface area contributed by atoms with Gasteiger partial charge in [-0.15, -0.1) is 0 Å². The summed E-state index contributed by atoms with van der Waals surface area (Å²) in [6.07, 6.45) is 2.46. The Hall–Kier alpha value is -2.56. The second-order valence-electron chi connectivity index (χ2n) is 4.30. The molecule has 0 aliphatic heterocycles. The zero-order chi connectivity index (χ0) is 14.4. The molecule has 2 rings (SSSR count). The van der Waals surface area contributed by atoms with E-state index in [4.69, 9.17) is 10.5 Å². The Labute approximate surface area is 117 Å². The predicted octanol–water partition coefficient (Wildman–Crippen LogP) is 2.70. The summed E-state index contributed by atoms with van der Waals surface area (Å²) in [5.74, 6) is 0.492. The molecule has 0 aliphatic rings. The van der Waals surface area contributed by atoms with E-state index in [-0.39, 0.29) is 11.6 Å². The van der Waals surface area contributed by atoms with Crippen LogP contribution in [0.2, 0.25) is 0 Å². The van der Waals surface area contributed by atoms with Crippen LogP contribution in [0.1, 0.15) is 23.8 Å². The van der Waals surface area contributed by atoms with Crippen LogP contribution in [-0.4, -0.2) is 17.5 Å². The van der Waals surface area contributed by atoms with Gasteiger partial charge in [0.05, 0.1) is 6.61 Å². The number of nitrogens with zero attached hydrogens (tertiary/aromatic N) is 1. The van der Waals surface area contributed by atoms with Crippen LogP contribution in [0.4, 0.5) is 11.4 Å². The summed E-state index contributed by atoms with van der Waals surface area (Å²) >= 11 is 0. The van der Waals surface area contributed by atoms with Gasteiger partial charge in [0.15, 0.2) is 0 Å². The number of nitrogens with two attached hydrogens (primary N) is 1. The van der Waals surface area contributed by atoms with Gasteiger partial charge >= 0.3 is 0 Å². The highest BCUT2D eigenvalue weighted by atomic mass is 16.5. The molecule has 5 nitrogen and oxygen atoms in total. The van der Waals surface area contributed by atoms with Gasteiger partial charge in [0.25, 0.3) is 5.91 Å². The van der Waals surface area contributed by atoms with Gasteiger partial charge in [-0.25, -0.2) is 0 Å². The normalized spacial score (nSPS) is 10.1. The Balaban J connectivity index is 2.01. The first-order chi connectivity index (χ1) is 9.69. The van der Waals surface area contributed by atoms with Gasteiger partial charge in [0.1, 0.15) is 11.4 Å². The van der Waals surface area contributed by atoms with Crippen molar-refractivity contribution in [1.82, 2.24) is 4.98 Å². The number of hydrogen-bond acceptors (Lipinski definition) is 4. The molecule has 1 aromatic carbocycles. The van der Waals surface area contributed by atoms with Gasteiger partial charge in [-0.3, -0.25) is 9.78 Å². The lowest BCUT2D eigenvalue weighted by Gasteiger charge is -2.07. The van der Waals surface area contributed by atoms with E-state index in [1.807, 2.05) is 19.1 Å². The number of hydrogen-bond donors (Lipinski definition) is 2. The van der Waals surface area contributed by atoms with Crippen LogP contribution in [0.3, 0.4) is 0 Å². The average Bonchev–Trinajstić information content (AvgIpc) is 2.46. The SMILES string of the molecule is CCCOc1ccc(NC(=O)c2cc(N)ccn2)cc1. The molecule has 2 aromatic rings. The first kappa shape index (κ1) is 13.9. The van der Waals surface area contributed by atoms with E-state index in [1.54, 1.807) is 18.2 Å². The standard InChI is InChI=1S/C15H17N3O2/c1-2-9-20-13-5-3-12(4-6-13)18-15(19)14-10-11(16)7-8-17-14/h3-8,10H,2,9H2,1H3,(H2,16,17)(H,18,19). The Morgan fingerprint density at radius 3 is 2.70 bits per heavy atom.